The summed E-state index contributed by atoms with van der Waals surface area (Å²) in [7, 11) is 1.89. The van der Waals surface area contributed by atoms with Crippen LogP contribution >= 0.6 is 0 Å². The summed E-state index contributed by atoms with van der Waals surface area (Å²) in [6.07, 6.45) is 4.18. The van der Waals surface area contributed by atoms with E-state index >= 15 is 0 Å². The van der Waals surface area contributed by atoms with Crippen molar-refractivity contribution < 1.29 is 8.78 Å². The number of halogens is 2. The minimum Gasteiger partial charge on any atom is -0.395 e. The number of rotatable bonds is 4. The number of hydrogen-bond donors (Lipinski definition) is 2. The number of aryl methyl sites for hydroxylation is 1. The molecule has 6 heteroatoms. The lowest BCUT2D eigenvalue weighted by atomic mass is 10.2. The number of nitrogens with two attached hydrogens (primary N) is 1. The molecule has 3 N–H and O–H groups in total. The van der Waals surface area contributed by atoms with Gasteiger partial charge in [-0.2, -0.15) is 0 Å². The van der Waals surface area contributed by atoms with E-state index in [2.05, 4.69) is 10.3 Å². The van der Waals surface area contributed by atoms with Crippen LogP contribution in [0.1, 0.15) is 5.82 Å². The highest BCUT2D eigenvalue weighted by Gasteiger charge is 2.08. The summed E-state index contributed by atoms with van der Waals surface area (Å²) in [4.78, 5) is 4.15. The van der Waals surface area contributed by atoms with Crippen LogP contribution in [0.15, 0.2) is 24.5 Å². The average molecular weight is 252 g/mol. The molecule has 18 heavy (non-hydrogen) atoms. The van der Waals surface area contributed by atoms with E-state index in [0.717, 1.165) is 11.9 Å². The van der Waals surface area contributed by atoms with Crippen LogP contribution in [-0.2, 0) is 13.5 Å². The lowest BCUT2D eigenvalue weighted by molar-refractivity contribution is 0.587. The van der Waals surface area contributed by atoms with Gasteiger partial charge < -0.3 is 15.6 Å². The molecule has 0 saturated heterocycles. The molecule has 0 unspecified atom stereocenters. The summed E-state index contributed by atoms with van der Waals surface area (Å²) >= 11 is 0. The average Bonchev–Trinajstić information content (AvgIpc) is 2.71. The monoisotopic (exact) mass is 252 g/mol. The van der Waals surface area contributed by atoms with E-state index < -0.39 is 11.6 Å². The maximum Gasteiger partial charge on any atom is 0.151 e. The molecular weight excluding hydrogens is 238 g/mol. The Labute approximate surface area is 103 Å². The first kappa shape index (κ1) is 12.3. The maximum absolute atomic E-state index is 13.2. The van der Waals surface area contributed by atoms with Crippen molar-refractivity contribution in [3.8, 4) is 0 Å². The first-order chi connectivity index (χ1) is 8.58. The maximum atomic E-state index is 13.2. The molecule has 2 rings (SSSR count). The van der Waals surface area contributed by atoms with Gasteiger partial charge in [-0.15, -0.1) is 0 Å². The quantitative estimate of drug-likeness (QED) is 0.817. The van der Waals surface area contributed by atoms with Gasteiger partial charge in [-0.1, -0.05) is 0 Å². The van der Waals surface area contributed by atoms with Crippen molar-refractivity contribution in [1.82, 2.24) is 9.55 Å². The summed E-state index contributed by atoms with van der Waals surface area (Å²) < 4.78 is 28.1. The van der Waals surface area contributed by atoms with Crippen LogP contribution in [-0.4, -0.2) is 16.1 Å². The fraction of sp³-hybridized carbons (Fsp3) is 0.250. The van der Waals surface area contributed by atoms with Crippen LogP contribution in [0.25, 0.3) is 0 Å². The molecule has 0 aliphatic heterocycles. The number of nitrogens with one attached hydrogen (secondary N) is 1. The van der Waals surface area contributed by atoms with Gasteiger partial charge >= 0.3 is 0 Å². The lowest BCUT2D eigenvalue weighted by Crippen LogP contribution is -2.10. The van der Waals surface area contributed by atoms with E-state index in [1.165, 1.54) is 6.07 Å². The summed E-state index contributed by atoms with van der Waals surface area (Å²) in [5.74, 6) is -0.520. The second kappa shape index (κ2) is 5.03. The van der Waals surface area contributed by atoms with Crippen molar-refractivity contribution >= 4 is 11.4 Å². The van der Waals surface area contributed by atoms with Crippen LogP contribution in [0.2, 0.25) is 0 Å². The molecule has 0 aliphatic rings. The molecule has 0 saturated carbocycles. The molecule has 0 amide bonds. The SMILES string of the molecule is Cn1ccnc1CCNc1cc(F)cc(F)c1N. The zero-order valence-corrected chi connectivity index (χ0v) is 9.95. The van der Waals surface area contributed by atoms with E-state index in [0.29, 0.717) is 13.0 Å². The highest BCUT2D eigenvalue weighted by molar-refractivity contribution is 5.66. The van der Waals surface area contributed by atoms with Gasteiger partial charge in [0.25, 0.3) is 0 Å². The largest absolute Gasteiger partial charge is 0.395 e. The Hall–Kier alpha value is -2.11. The zero-order valence-electron chi connectivity index (χ0n) is 9.95. The van der Waals surface area contributed by atoms with Gasteiger partial charge in [0.05, 0.1) is 11.4 Å². The Balaban J connectivity index is 2.01. The Morgan fingerprint density at radius 2 is 2.17 bits per heavy atom. The molecule has 0 bridgehead atoms. The third-order valence-corrected chi connectivity index (χ3v) is 2.68. The molecule has 1 aromatic carbocycles. The molecule has 4 nitrogen and oxygen atoms in total. The van der Waals surface area contributed by atoms with E-state index in [9.17, 15) is 8.78 Å². The van der Waals surface area contributed by atoms with Crippen LogP contribution in [0.5, 0.6) is 0 Å². The predicted molar refractivity (Wildman–Crippen MR) is 66.2 cm³/mol. The van der Waals surface area contributed by atoms with E-state index in [-0.39, 0.29) is 11.4 Å². The predicted octanol–water partition coefficient (Wildman–Crippen LogP) is 1.94. The first-order valence-electron chi connectivity index (χ1n) is 5.52. The molecule has 0 atom stereocenters. The molecular formula is C12H14F2N4. The second-order valence-corrected chi connectivity index (χ2v) is 3.98. The summed E-state index contributed by atoms with van der Waals surface area (Å²) in [5.41, 5.74) is 5.71. The Kier molecular flexibility index (Phi) is 3.45. The van der Waals surface area contributed by atoms with Gasteiger partial charge in [0.2, 0.25) is 0 Å². The summed E-state index contributed by atoms with van der Waals surface area (Å²) in [6.45, 7) is 0.498. The number of anilines is 2. The molecule has 2 aromatic rings. The normalized spacial score (nSPS) is 10.6. The highest BCUT2D eigenvalue weighted by Crippen LogP contribution is 2.23. The standard InChI is InChI=1S/C12H14F2N4/c1-18-5-4-17-11(18)2-3-16-10-7-8(13)6-9(14)12(10)15/h4-7,16H,2-3,15H2,1H3. The fourth-order valence-corrected chi connectivity index (χ4v) is 1.68. The van der Waals surface area contributed by atoms with Crippen LogP contribution in [0.3, 0.4) is 0 Å². The minimum atomic E-state index is -0.755. The Bertz CT molecular complexity index is 551. The van der Waals surface area contributed by atoms with Crippen molar-refractivity contribution in [2.45, 2.75) is 6.42 Å². The number of hydrogen-bond acceptors (Lipinski definition) is 3. The summed E-state index contributed by atoms with van der Waals surface area (Å²) in [5, 5.41) is 2.90. The topological polar surface area (TPSA) is 55.9 Å². The third kappa shape index (κ3) is 2.58. The second-order valence-electron chi connectivity index (χ2n) is 3.98. The van der Waals surface area contributed by atoms with Gasteiger partial charge in [-0.25, -0.2) is 13.8 Å². The van der Waals surface area contributed by atoms with Crippen molar-refractivity contribution in [3.05, 3.63) is 42.0 Å². The lowest BCUT2D eigenvalue weighted by Gasteiger charge is -2.10. The number of benzene rings is 1. The van der Waals surface area contributed by atoms with E-state index in [1.807, 2.05) is 17.8 Å². The van der Waals surface area contributed by atoms with Crippen molar-refractivity contribution in [2.75, 3.05) is 17.6 Å². The molecule has 1 aromatic heterocycles. The van der Waals surface area contributed by atoms with E-state index in [4.69, 9.17) is 5.73 Å². The number of nitrogen functional groups attached to an aromatic ring is 1. The Morgan fingerprint density at radius 1 is 1.39 bits per heavy atom. The molecule has 0 aliphatic carbocycles. The smallest absolute Gasteiger partial charge is 0.151 e. The van der Waals surface area contributed by atoms with Crippen molar-refractivity contribution in [3.63, 3.8) is 0 Å². The fourth-order valence-electron chi connectivity index (χ4n) is 1.68. The van der Waals surface area contributed by atoms with Gasteiger partial charge in [-0.05, 0) is 6.07 Å². The molecule has 0 spiro atoms. The minimum absolute atomic E-state index is 0.0729. The van der Waals surface area contributed by atoms with Crippen LogP contribution < -0.4 is 11.1 Å². The van der Waals surface area contributed by atoms with Crippen molar-refractivity contribution in [2.24, 2.45) is 7.05 Å². The first-order valence-corrected chi connectivity index (χ1v) is 5.52. The van der Waals surface area contributed by atoms with Crippen LogP contribution in [0.4, 0.5) is 20.2 Å². The highest BCUT2D eigenvalue weighted by atomic mass is 19.1. The third-order valence-electron chi connectivity index (χ3n) is 2.68. The Morgan fingerprint density at radius 3 is 2.83 bits per heavy atom. The van der Waals surface area contributed by atoms with Gasteiger partial charge in [0.1, 0.15) is 11.6 Å². The van der Waals surface area contributed by atoms with Crippen molar-refractivity contribution in [1.29, 1.82) is 0 Å². The number of imidazole rings is 1. The number of nitrogens with zero attached hydrogens (tertiary/aromatic N) is 2. The molecule has 1 heterocycles. The van der Waals surface area contributed by atoms with Crippen LogP contribution in [0, 0.1) is 11.6 Å². The molecule has 0 radical (unpaired) electrons. The van der Waals surface area contributed by atoms with E-state index in [1.54, 1.807) is 6.20 Å². The molecule has 0 fully saturated rings. The van der Waals surface area contributed by atoms with Gasteiger partial charge in [0, 0.05) is 38.5 Å². The van der Waals surface area contributed by atoms with Gasteiger partial charge in [-0.3, -0.25) is 0 Å². The summed E-state index contributed by atoms with van der Waals surface area (Å²) in [6, 6.07) is 1.94. The molecule has 96 valence electrons. The number of aromatic nitrogens is 2. The van der Waals surface area contributed by atoms with Gasteiger partial charge in [0.15, 0.2) is 5.82 Å². The zero-order chi connectivity index (χ0) is 13.1.